The van der Waals surface area contributed by atoms with Gasteiger partial charge in [-0.1, -0.05) is 24.3 Å². The number of oxazole rings is 2. The summed E-state index contributed by atoms with van der Waals surface area (Å²) in [6.45, 7) is 3.80. The maximum atomic E-state index is 12.8. The second kappa shape index (κ2) is 8.74. The highest BCUT2D eigenvalue weighted by Crippen LogP contribution is 2.48. The van der Waals surface area contributed by atoms with E-state index in [4.69, 9.17) is 13.6 Å². The number of carboxylic acid groups (broad SMARTS) is 1. The monoisotopic (exact) mass is 518 g/mol. The molecule has 4 aromatic rings. The van der Waals surface area contributed by atoms with Crippen LogP contribution in [0.4, 0.5) is 10.5 Å². The minimum Gasteiger partial charge on any atom is -0.480 e. The number of amides is 1. The van der Waals surface area contributed by atoms with Crippen molar-refractivity contribution in [2.75, 3.05) is 5.32 Å². The Kier molecular flexibility index (Phi) is 5.49. The molecule has 0 bridgehead atoms. The van der Waals surface area contributed by atoms with Crippen molar-refractivity contribution in [3.63, 3.8) is 0 Å². The molecule has 2 aliphatic rings. The highest BCUT2D eigenvalue weighted by molar-refractivity contribution is 7.07. The average molecular weight is 519 g/mol. The van der Waals surface area contributed by atoms with Crippen LogP contribution in [-0.4, -0.2) is 31.5 Å². The number of aryl methyl sites for hydroxylation is 1. The van der Waals surface area contributed by atoms with E-state index in [9.17, 15) is 14.7 Å². The molecule has 11 heteroatoms. The molecule has 6 rings (SSSR count). The van der Waals surface area contributed by atoms with Crippen LogP contribution in [0, 0.1) is 18.8 Å². The van der Waals surface area contributed by atoms with Crippen molar-refractivity contribution < 1.29 is 28.3 Å². The number of rotatable bonds is 6. The van der Waals surface area contributed by atoms with Gasteiger partial charge in [-0.15, -0.1) is 0 Å². The number of aromatic nitrogens is 3. The molecule has 1 atom stereocenters. The fourth-order valence-electron chi connectivity index (χ4n) is 4.20. The van der Waals surface area contributed by atoms with Gasteiger partial charge in [0.1, 0.15) is 16.4 Å². The van der Waals surface area contributed by atoms with E-state index in [0.717, 1.165) is 29.7 Å². The largest absolute Gasteiger partial charge is 0.480 e. The predicted molar refractivity (Wildman–Crippen MR) is 132 cm³/mol. The Morgan fingerprint density at radius 1 is 1.22 bits per heavy atom. The van der Waals surface area contributed by atoms with Crippen LogP contribution in [0.5, 0.6) is 0 Å². The minimum atomic E-state index is -1.08. The minimum absolute atomic E-state index is 0.0296. The molecule has 0 spiro atoms. The number of anilines is 1. The molecule has 0 radical (unpaired) electrons. The van der Waals surface area contributed by atoms with E-state index in [1.807, 2.05) is 38.1 Å². The van der Waals surface area contributed by atoms with Crippen molar-refractivity contribution in [1.82, 2.24) is 14.3 Å². The summed E-state index contributed by atoms with van der Waals surface area (Å²) in [5, 5.41) is 12.3. The molecular formula is C26H22N4O6S. The number of hydrogen-bond donors (Lipinski definition) is 2. The third kappa shape index (κ3) is 4.34. The van der Waals surface area contributed by atoms with Crippen LogP contribution < -0.4 is 5.32 Å². The van der Waals surface area contributed by atoms with Crippen LogP contribution in [0.2, 0.25) is 0 Å². The molecule has 0 saturated heterocycles. The topological polar surface area (TPSA) is 141 Å². The second-order valence-electron chi connectivity index (χ2n) is 9.36. The Morgan fingerprint density at radius 3 is 2.68 bits per heavy atom. The average Bonchev–Trinajstić information content (AvgIpc) is 3.75. The first-order valence-electron chi connectivity index (χ1n) is 11.9. The number of ether oxygens (including phenoxy) is 1. The molecule has 1 aromatic carbocycles. The zero-order valence-electron chi connectivity index (χ0n) is 20.0. The van der Waals surface area contributed by atoms with E-state index in [1.54, 1.807) is 0 Å². The first kappa shape index (κ1) is 23.2. The van der Waals surface area contributed by atoms with Crippen molar-refractivity contribution in [3.8, 4) is 11.8 Å². The van der Waals surface area contributed by atoms with Crippen LogP contribution in [0.15, 0.2) is 33.1 Å². The Morgan fingerprint density at radius 2 is 2.00 bits per heavy atom. The van der Waals surface area contributed by atoms with E-state index in [2.05, 4.69) is 31.5 Å². The van der Waals surface area contributed by atoms with Gasteiger partial charge in [0.05, 0.1) is 11.4 Å². The number of fused-ring (bicyclic) bond motifs is 1. The normalized spacial score (nSPS) is 16.6. The molecule has 37 heavy (non-hydrogen) atoms. The fourth-order valence-corrected chi connectivity index (χ4v) is 4.97. The van der Waals surface area contributed by atoms with Crippen LogP contribution in [0.3, 0.4) is 0 Å². The summed E-state index contributed by atoms with van der Waals surface area (Å²) in [5.41, 5.74) is 2.40. The van der Waals surface area contributed by atoms with Gasteiger partial charge in [-0.3, -0.25) is 10.1 Å². The zero-order chi connectivity index (χ0) is 25.7. The van der Waals surface area contributed by atoms with Crippen molar-refractivity contribution in [1.29, 1.82) is 0 Å². The standard InChI is InChI=1S/C26H22N4O6S/c1-13-5-3-4-6-16(13)14(2)34-25(33)28-20-17(37-30-19(20)15-7-8-15)9-10-18-27-21-22(35-18)36-23(29-21)26(11-12-26)24(31)32/h3-6,14-15H,7-8,11-12H2,1-2H3,(H,28,33)(H,31,32). The number of carbonyl (C=O) groups is 2. The second-order valence-corrected chi connectivity index (χ2v) is 10.1. The molecule has 3 aromatic heterocycles. The highest BCUT2D eigenvalue weighted by Gasteiger charge is 2.56. The van der Waals surface area contributed by atoms with Crippen molar-refractivity contribution in [3.05, 3.63) is 57.7 Å². The molecule has 188 valence electrons. The van der Waals surface area contributed by atoms with Crippen LogP contribution >= 0.6 is 11.5 Å². The van der Waals surface area contributed by atoms with E-state index in [1.165, 1.54) is 11.5 Å². The predicted octanol–water partition coefficient (Wildman–Crippen LogP) is 5.28. The fraction of sp³-hybridized carbons (Fsp3) is 0.346. The number of hydrogen-bond acceptors (Lipinski definition) is 9. The molecule has 3 heterocycles. The SMILES string of the molecule is Cc1ccccc1C(C)OC(=O)Nc1c(C2CC2)nsc1C#Cc1nc2nc(C3(C(=O)O)CC3)oc2o1. The van der Waals surface area contributed by atoms with Crippen LogP contribution in [0.1, 0.15) is 78.1 Å². The lowest BCUT2D eigenvalue weighted by atomic mass is 10.1. The van der Waals surface area contributed by atoms with Gasteiger partial charge < -0.3 is 18.7 Å². The molecule has 1 unspecified atom stereocenters. The van der Waals surface area contributed by atoms with Gasteiger partial charge in [0, 0.05) is 5.92 Å². The summed E-state index contributed by atoms with van der Waals surface area (Å²) in [4.78, 5) is 33.2. The van der Waals surface area contributed by atoms with Crippen molar-refractivity contribution >= 4 is 40.7 Å². The molecule has 2 saturated carbocycles. The molecule has 10 nitrogen and oxygen atoms in total. The Labute approximate surface area is 215 Å². The van der Waals surface area contributed by atoms with Gasteiger partial charge in [-0.2, -0.15) is 14.3 Å². The van der Waals surface area contributed by atoms with Crippen molar-refractivity contribution in [2.24, 2.45) is 0 Å². The molecule has 2 aliphatic carbocycles. The summed E-state index contributed by atoms with van der Waals surface area (Å²) >= 11 is 1.18. The first-order valence-corrected chi connectivity index (χ1v) is 12.7. The van der Waals surface area contributed by atoms with Gasteiger partial charge in [-0.05, 0) is 74.0 Å². The number of aliphatic carboxylic acids is 1. The third-order valence-corrected chi connectivity index (χ3v) is 7.42. The number of carbonyl (C=O) groups excluding carboxylic acids is 1. The van der Waals surface area contributed by atoms with Gasteiger partial charge in [0.25, 0.3) is 5.89 Å². The van der Waals surface area contributed by atoms with E-state index < -0.39 is 23.6 Å². The molecule has 0 aliphatic heterocycles. The third-order valence-electron chi connectivity index (χ3n) is 6.65. The van der Waals surface area contributed by atoms with Crippen molar-refractivity contribution in [2.45, 2.75) is 57.0 Å². The van der Waals surface area contributed by atoms with E-state index in [0.29, 0.717) is 23.4 Å². The molecular weight excluding hydrogens is 496 g/mol. The zero-order valence-corrected chi connectivity index (χ0v) is 20.8. The number of nitrogens with one attached hydrogen (secondary N) is 1. The highest BCUT2D eigenvalue weighted by atomic mass is 32.1. The smallest absolute Gasteiger partial charge is 0.412 e. The molecule has 1 amide bonds. The summed E-state index contributed by atoms with van der Waals surface area (Å²) in [6, 6.07) is 7.76. The molecule has 2 fully saturated rings. The Balaban J connectivity index is 1.21. The maximum Gasteiger partial charge on any atom is 0.412 e. The van der Waals surface area contributed by atoms with E-state index in [-0.39, 0.29) is 29.1 Å². The van der Waals surface area contributed by atoms with Gasteiger partial charge in [0.15, 0.2) is 0 Å². The van der Waals surface area contributed by atoms with Gasteiger partial charge in [0.2, 0.25) is 11.5 Å². The van der Waals surface area contributed by atoms with Gasteiger partial charge >= 0.3 is 17.8 Å². The summed E-state index contributed by atoms with van der Waals surface area (Å²) in [7, 11) is 0. The molecule has 2 N–H and O–H groups in total. The lowest BCUT2D eigenvalue weighted by Gasteiger charge is -2.16. The van der Waals surface area contributed by atoms with E-state index >= 15 is 0 Å². The van der Waals surface area contributed by atoms with Gasteiger partial charge in [-0.25, -0.2) is 4.79 Å². The quantitative estimate of drug-likeness (QED) is 0.326. The summed E-state index contributed by atoms with van der Waals surface area (Å²) in [6.07, 6.45) is 1.93. The summed E-state index contributed by atoms with van der Waals surface area (Å²) in [5.74, 6) is 5.31. The Hall–Kier alpha value is -4.17. The lowest BCUT2D eigenvalue weighted by Crippen LogP contribution is -2.19. The van der Waals surface area contributed by atoms with Crippen LogP contribution in [-0.2, 0) is 14.9 Å². The van der Waals surface area contributed by atoms with Crippen LogP contribution in [0.25, 0.3) is 11.4 Å². The number of nitrogens with zero attached hydrogens (tertiary/aromatic N) is 3. The Bertz CT molecular complexity index is 1570. The lowest BCUT2D eigenvalue weighted by molar-refractivity contribution is -0.140. The summed E-state index contributed by atoms with van der Waals surface area (Å²) < 4.78 is 21.2. The maximum absolute atomic E-state index is 12.8. The first-order chi connectivity index (χ1) is 17.8. The number of benzene rings is 1. The number of carboxylic acids is 1.